The predicted molar refractivity (Wildman–Crippen MR) is 79.6 cm³/mol. The monoisotopic (exact) mass is 272 g/mol. The van der Waals surface area contributed by atoms with Gasteiger partial charge in [-0.2, -0.15) is 0 Å². The summed E-state index contributed by atoms with van der Waals surface area (Å²) >= 11 is 0. The van der Waals surface area contributed by atoms with Crippen LogP contribution in [0.2, 0.25) is 0 Å². The van der Waals surface area contributed by atoms with Gasteiger partial charge in [0.05, 0.1) is 13.2 Å². The standard InChI is InChI=1S/C15H32N2O2/c1-16-15(14-7-5-4-6-8-14)13-17(9-11-18-2)10-12-19-3/h14-16H,4-13H2,1-3H3. The van der Waals surface area contributed by atoms with Crippen LogP contribution < -0.4 is 5.32 Å². The molecule has 4 heteroatoms. The van der Waals surface area contributed by atoms with Gasteiger partial charge in [-0.1, -0.05) is 19.3 Å². The summed E-state index contributed by atoms with van der Waals surface area (Å²) < 4.78 is 10.4. The van der Waals surface area contributed by atoms with Crippen molar-refractivity contribution in [1.82, 2.24) is 10.2 Å². The summed E-state index contributed by atoms with van der Waals surface area (Å²) in [5, 5.41) is 3.53. The molecule has 4 nitrogen and oxygen atoms in total. The maximum atomic E-state index is 5.21. The van der Waals surface area contributed by atoms with E-state index in [9.17, 15) is 0 Å². The average molecular weight is 272 g/mol. The molecule has 1 rings (SSSR count). The minimum absolute atomic E-state index is 0.606. The summed E-state index contributed by atoms with van der Waals surface area (Å²) in [4.78, 5) is 2.46. The summed E-state index contributed by atoms with van der Waals surface area (Å²) in [7, 11) is 5.64. The first kappa shape index (κ1) is 16.9. The lowest BCUT2D eigenvalue weighted by atomic mass is 9.83. The summed E-state index contributed by atoms with van der Waals surface area (Å²) in [6.45, 7) is 4.68. The van der Waals surface area contributed by atoms with Crippen molar-refractivity contribution >= 4 is 0 Å². The first-order chi connectivity index (χ1) is 9.31. The maximum Gasteiger partial charge on any atom is 0.0589 e. The lowest BCUT2D eigenvalue weighted by molar-refractivity contribution is 0.0986. The van der Waals surface area contributed by atoms with Gasteiger partial charge in [-0.25, -0.2) is 0 Å². The molecule has 114 valence electrons. The molecular weight excluding hydrogens is 240 g/mol. The van der Waals surface area contributed by atoms with E-state index in [1.54, 1.807) is 14.2 Å². The van der Waals surface area contributed by atoms with Crippen LogP contribution in [0.5, 0.6) is 0 Å². The molecule has 0 amide bonds. The molecule has 1 saturated carbocycles. The molecule has 19 heavy (non-hydrogen) atoms. The van der Waals surface area contributed by atoms with E-state index in [1.807, 2.05) is 0 Å². The Labute approximate surface area is 118 Å². The molecule has 1 aliphatic rings. The molecule has 0 aromatic rings. The first-order valence-corrected chi connectivity index (χ1v) is 7.69. The summed E-state index contributed by atoms with van der Waals surface area (Å²) in [5.74, 6) is 0.839. The van der Waals surface area contributed by atoms with Gasteiger partial charge in [-0.15, -0.1) is 0 Å². The van der Waals surface area contributed by atoms with E-state index in [2.05, 4.69) is 17.3 Å². The average Bonchev–Trinajstić information content (AvgIpc) is 2.47. The molecule has 0 heterocycles. The Kier molecular flexibility index (Phi) is 9.43. The van der Waals surface area contributed by atoms with Crippen molar-refractivity contribution in [3.8, 4) is 0 Å². The molecule has 0 bridgehead atoms. The van der Waals surface area contributed by atoms with Crippen LogP contribution in [-0.4, -0.2) is 65.1 Å². The number of rotatable bonds is 10. The Hall–Kier alpha value is -0.160. The van der Waals surface area contributed by atoms with Gasteiger partial charge in [0.1, 0.15) is 0 Å². The third kappa shape index (κ3) is 6.70. The van der Waals surface area contributed by atoms with Gasteiger partial charge in [0.15, 0.2) is 0 Å². The van der Waals surface area contributed by atoms with Crippen molar-refractivity contribution < 1.29 is 9.47 Å². The van der Waals surface area contributed by atoms with Crippen molar-refractivity contribution in [2.45, 2.75) is 38.1 Å². The quantitative estimate of drug-likeness (QED) is 0.657. The van der Waals surface area contributed by atoms with Crippen molar-refractivity contribution in [3.05, 3.63) is 0 Å². The molecule has 1 atom stereocenters. The Morgan fingerprint density at radius 2 is 1.63 bits per heavy atom. The fourth-order valence-electron chi connectivity index (χ4n) is 3.03. The number of likely N-dealkylation sites (N-methyl/N-ethyl adjacent to an activating group) is 1. The highest BCUT2D eigenvalue weighted by Crippen LogP contribution is 2.26. The number of methoxy groups -OCH3 is 2. The zero-order valence-corrected chi connectivity index (χ0v) is 13.0. The van der Waals surface area contributed by atoms with Crippen molar-refractivity contribution in [3.63, 3.8) is 0 Å². The molecule has 0 saturated heterocycles. The molecule has 0 aromatic heterocycles. The molecule has 1 N–H and O–H groups in total. The fourth-order valence-corrected chi connectivity index (χ4v) is 3.03. The predicted octanol–water partition coefficient (Wildman–Crippen LogP) is 1.75. The van der Waals surface area contributed by atoms with Crippen LogP contribution in [0.1, 0.15) is 32.1 Å². The van der Waals surface area contributed by atoms with E-state index in [4.69, 9.17) is 9.47 Å². The van der Waals surface area contributed by atoms with Gasteiger partial charge < -0.3 is 14.8 Å². The van der Waals surface area contributed by atoms with E-state index in [0.29, 0.717) is 6.04 Å². The minimum atomic E-state index is 0.606. The Morgan fingerprint density at radius 1 is 1.05 bits per heavy atom. The maximum absolute atomic E-state index is 5.21. The van der Waals surface area contributed by atoms with Crippen molar-refractivity contribution in [2.24, 2.45) is 5.92 Å². The Bertz CT molecular complexity index is 200. The number of ether oxygens (including phenoxy) is 2. The molecular formula is C15H32N2O2. The summed E-state index contributed by atoms with van der Waals surface area (Å²) in [5.41, 5.74) is 0. The van der Waals surface area contributed by atoms with E-state index in [1.165, 1.54) is 32.1 Å². The molecule has 1 aliphatic carbocycles. The Morgan fingerprint density at radius 3 is 2.11 bits per heavy atom. The number of nitrogens with one attached hydrogen (secondary N) is 1. The summed E-state index contributed by atoms with van der Waals surface area (Å²) in [6, 6.07) is 0.606. The van der Waals surface area contributed by atoms with E-state index < -0.39 is 0 Å². The molecule has 0 aliphatic heterocycles. The number of nitrogens with zero attached hydrogens (tertiary/aromatic N) is 1. The van der Waals surface area contributed by atoms with Crippen LogP contribution in [0.15, 0.2) is 0 Å². The van der Waals surface area contributed by atoms with Crippen LogP contribution in [0, 0.1) is 5.92 Å². The van der Waals surface area contributed by atoms with E-state index >= 15 is 0 Å². The lowest BCUT2D eigenvalue weighted by Crippen LogP contribution is -2.46. The third-order valence-corrected chi connectivity index (χ3v) is 4.27. The lowest BCUT2D eigenvalue weighted by Gasteiger charge is -2.34. The first-order valence-electron chi connectivity index (χ1n) is 7.69. The van der Waals surface area contributed by atoms with Crippen molar-refractivity contribution in [1.29, 1.82) is 0 Å². The molecule has 0 radical (unpaired) electrons. The van der Waals surface area contributed by atoms with Gasteiger partial charge in [0, 0.05) is 39.9 Å². The second-order valence-electron chi connectivity index (χ2n) is 5.58. The van der Waals surface area contributed by atoms with E-state index in [0.717, 1.165) is 38.8 Å². The third-order valence-electron chi connectivity index (χ3n) is 4.27. The molecule has 0 spiro atoms. The zero-order chi connectivity index (χ0) is 13.9. The molecule has 1 unspecified atom stereocenters. The SMILES string of the molecule is CNC(CN(CCOC)CCOC)C1CCCCC1. The summed E-state index contributed by atoms with van der Waals surface area (Å²) in [6.07, 6.45) is 6.99. The normalized spacial score (nSPS) is 18.9. The largest absolute Gasteiger partial charge is 0.383 e. The van der Waals surface area contributed by atoms with Gasteiger partial charge in [-0.3, -0.25) is 4.90 Å². The van der Waals surface area contributed by atoms with Crippen LogP contribution >= 0.6 is 0 Å². The smallest absolute Gasteiger partial charge is 0.0589 e. The molecule has 1 fully saturated rings. The minimum Gasteiger partial charge on any atom is -0.383 e. The van der Waals surface area contributed by atoms with Crippen LogP contribution in [0.4, 0.5) is 0 Å². The van der Waals surface area contributed by atoms with Gasteiger partial charge >= 0.3 is 0 Å². The highest BCUT2D eigenvalue weighted by Gasteiger charge is 2.24. The zero-order valence-electron chi connectivity index (χ0n) is 13.0. The second kappa shape index (κ2) is 10.6. The number of hydrogen-bond donors (Lipinski definition) is 1. The highest BCUT2D eigenvalue weighted by atomic mass is 16.5. The molecule has 0 aromatic carbocycles. The highest BCUT2D eigenvalue weighted by molar-refractivity contribution is 4.81. The topological polar surface area (TPSA) is 33.7 Å². The van der Waals surface area contributed by atoms with Crippen molar-refractivity contribution in [2.75, 3.05) is 54.1 Å². The van der Waals surface area contributed by atoms with Gasteiger partial charge in [0.2, 0.25) is 0 Å². The van der Waals surface area contributed by atoms with Crippen LogP contribution in [0.25, 0.3) is 0 Å². The van der Waals surface area contributed by atoms with Crippen LogP contribution in [-0.2, 0) is 9.47 Å². The second-order valence-corrected chi connectivity index (χ2v) is 5.58. The van der Waals surface area contributed by atoms with Gasteiger partial charge in [0.25, 0.3) is 0 Å². The fraction of sp³-hybridized carbons (Fsp3) is 1.00. The number of hydrogen-bond acceptors (Lipinski definition) is 4. The Balaban J connectivity index is 2.42. The van der Waals surface area contributed by atoms with Crippen LogP contribution in [0.3, 0.4) is 0 Å². The van der Waals surface area contributed by atoms with Gasteiger partial charge in [-0.05, 0) is 25.8 Å². The van der Waals surface area contributed by atoms with E-state index in [-0.39, 0.29) is 0 Å².